The zero-order valence-electron chi connectivity index (χ0n) is 8.49. The predicted molar refractivity (Wildman–Crippen MR) is 58.8 cm³/mol. The Morgan fingerprint density at radius 1 is 1.57 bits per heavy atom. The van der Waals surface area contributed by atoms with E-state index < -0.39 is 0 Å². The molecule has 0 spiro atoms. The molecular weight excluding hydrogens is 196 g/mol. The fourth-order valence-electron chi connectivity index (χ4n) is 1.12. The second kappa shape index (κ2) is 6.74. The van der Waals surface area contributed by atoms with Crippen molar-refractivity contribution < 1.29 is 9.53 Å². The molecule has 3 heteroatoms. The van der Waals surface area contributed by atoms with Crippen LogP contribution in [0.3, 0.4) is 0 Å². The molecule has 0 aliphatic heterocycles. The van der Waals surface area contributed by atoms with Crippen LogP contribution >= 0.6 is 11.3 Å². The molecule has 0 unspecified atom stereocenters. The van der Waals surface area contributed by atoms with Crippen molar-refractivity contribution in [1.29, 1.82) is 0 Å². The Bertz CT molecular complexity index is 254. The van der Waals surface area contributed by atoms with Gasteiger partial charge in [0.15, 0.2) is 5.78 Å². The minimum absolute atomic E-state index is 0.201. The van der Waals surface area contributed by atoms with Crippen LogP contribution in [0.15, 0.2) is 17.5 Å². The van der Waals surface area contributed by atoms with Gasteiger partial charge in [-0.1, -0.05) is 13.0 Å². The normalized spacial score (nSPS) is 10.4. The van der Waals surface area contributed by atoms with Crippen molar-refractivity contribution in [2.24, 2.45) is 0 Å². The van der Waals surface area contributed by atoms with Crippen molar-refractivity contribution in [3.05, 3.63) is 22.4 Å². The first-order valence-electron chi connectivity index (χ1n) is 4.94. The van der Waals surface area contributed by atoms with Gasteiger partial charge in [0.25, 0.3) is 0 Å². The number of ketones is 1. The Morgan fingerprint density at radius 2 is 2.43 bits per heavy atom. The van der Waals surface area contributed by atoms with E-state index in [2.05, 4.69) is 6.07 Å². The highest BCUT2D eigenvalue weighted by atomic mass is 32.1. The number of hydrogen-bond acceptors (Lipinski definition) is 3. The number of hydrogen-bond donors (Lipinski definition) is 0. The molecule has 1 aromatic heterocycles. The maximum atomic E-state index is 11.3. The highest BCUT2D eigenvalue weighted by molar-refractivity contribution is 7.09. The summed E-state index contributed by atoms with van der Waals surface area (Å²) in [5, 5.41) is 2.04. The van der Waals surface area contributed by atoms with E-state index in [1.54, 1.807) is 11.3 Å². The van der Waals surface area contributed by atoms with Gasteiger partial charge < -0.3 is 4.74 Å². The standard InChI is InChI=1S/C11H16O2S/c1-2-7-13-9-10(12)5-6-11-4-3-8-14-11/h3-4,8H,2,5-7,9H2,1H3. The van der Waals surface area contributed by atoms with Gasteiger partial charge >= 0.3 is 0 Å². The molecule has 0 aliphatic rings. The molecule has 0 aromatic carbocycles. The smallest absolute Gasteiger partial charge is 0.158 e. The summed E-state index contributed by atoms with van der Waals surface area (Å²) in [7, 11) is 0. The molecule has 78 valence electrons. The first-order valence-corrected chi connectivity index (χ1v) is 5.82. The van der Waals surface area contributed by atoms with Crippen LogP contribution in [0.1, 0.15) is 24.6 Å². The first-order chi connectivity index (χ1) is 6.83. The number of aryl methyl sites for hydroxylation is 1. The number of ether oxygens (including phenoxy) is 1. The summed E-state index contributed by atoms with van der Waals surface area (Å²) in [5.41, 5.74) is 0. The molecule has 1 heterocycles. The number of rotatable bonds is 7. The molecule has 2 nitrogen and oxygen atoms in total. The first kappa shape index (κ1) is 11.4. The number of thiophene rings is 1. The fourth-order valence-corrected chi connectivity index (χ4v) is 1.83. The fraction of sp³-hybridized carbons (Fsp3) is 0.545. The Balaban J connectivity index is 2.09. The summed E-state index contributed by atoms with van der Waals surface area (Å²) in [6.07, 6.45) is 2.43. The van der Waals surface area contributed by atoms with Crippen LogP contribution in [-0.4, -0.2) is 19.0 Å². The third-order valence-corrected chi connectivity index (χ3v) is 2.78. The van der Waals surface area contributed by atoms with E-state index in [9.17, 15) is 4.79 Å². The minimum atomic E-state index is 0.201. The van der Waals surface area contributed by atoms with Crippen molar-refractivity contribution in [2.75, 3.05) is 13.2 Å². The quantitative estimate of drug-likeness (QED) is 0.649. The maximum absolute atomic E-state index is 11.3. The van der Waals surface area contributed by atoms with Crippen molar-refractivity contribution in [3.63, 3.8) is 0 Å². The monoisotopic (exact) mass is 212 g/mol. The Hall–Kier alpha value is -0.670. The average molecular weight is 212 g/mol. The molecular formula is C11H16O2S. The second-order valence-corrected chi connectivity index (χ2v) is 4.20. The minimum Gasteiger partial charge on any atom is -0.374 e. The molecule has 0 atom stereocenters. The molecule has 0 fully saturated rings. The van der Waals surface area contributed by atoms with Crippen LogP contribution in [-0.2, 0) is 16.0 Å². The summed E-state index contributed by atoms with van der Waals surface area (Å²) in [5.74, 6) is 0.201. The molecule has 1 aromatic rings. The lowest BCUT2D eigenvalue weighted by Gasteiger charge is -2.00. The number of carbonyl (C=O) groups excluding carboxylic acids is 1. The van der Waals surface area contributed by atoms with Crippen molar-refractivity contribution in [2.45, 2.75) is 26.2 Å². The molecule has 1 rings (SSSR count). The lowest BCUT2D eigenvalue weighted by Crippen LogP contribution is -2.09. The van der Waals surface area contributed by atoms with Gasteiger partial charge in [-0.05, 0) is 24.3 Å². The largest absolute Gasteiger partial charge is 0.374 e. The molecule has 0 bridgehead atoms. The summed E-state index contributed by atoms with van der Waals surface area (Å²) >= 11 is 1.70. The van der Waals surface area contributed by atoms with Gasteiger partial charge in [-0.25, -0.2) is 0 Å². The Kier molecular flexibility index (Phi) is 5.49. The van der Waals surface area contributed by atoms with E-state index in [0.29, 0.717) is 13.0 Å². The molecule has 0 saturated heterocycles. The van der Waals surface area contributed by atoms with E-state index in [4.69, 9.17) is 4.74 Å². The maximum Gasteiger partial charge on any atom is 0.158 e. The topological polar surface area (TPSA) is 26.3 Å². The molecule has 0 N–H and O–H groups in total. The van der Waals surface area contributed by atoms with Crippen LogP contribution < -0.4 is 0 Å². The average Bonchev–Trinajstić information content (AvgIpc) is 2.68. The zero-order valence-corrected chi connectivity index (χ0v) is 9.31. The van der Waals surface area contributed by atoms with Gasteiger partial charge in [0.05, 0.1) is 0 Å². The van der Waals surface area contributed by atoms with Crippen LogP contribution in [0.5, 0.6) is 0 Å². The van der Waals surface area contributed by atoms with E-state index >= 15 is 0 Å². The van der Waals surface area contributed by atoms with Crippen molar-refractivity contribution in [3.8, 4) is 0 Å². The number of carbonyl (C=O) groups is 1. The van der Waals surface area contributed by atoms with Gasteiger partial charge in [-0.2, -0.15) is 0 Å². The predicted octanol–water partition coefficient (Wildman–Crippen LogP) is 2.68. The lowest BCUT2D eigenvalue weighted by molar-refractivity contribution is -0.123. The molecule has 0 amide bonds. The van der Waals surface area contributed by atoms with Gasteiger partial charge in [-0.3, -0.25) is 4.79 Å². The van der Waals surface area contributed by atoms with Crippen LogP contribution in [0.25, 0.3) is 0 Å². The Labute approximate surface area is 88.9 Å². The van der Waals surface area contributed by atoms with E-state index in [0.717, 1.165) is 12.8 Å². The highest BCUT2D eigenvalue weighted by Gasteiger charge is 2.02. The van der Waals surface area contributed by atoms with Gasteiger partial charge in [0, 0.05) is 17.9 Å². The lowest BCUT2D eigenvalue weighted by atomic mass is 10.2. The van der Waals surface area contributed by atoms with E-state index in [-0.39, 0.29) is 12.4 Å². The van der Waals surface area contributed by atoms with Crippen molar-refractivity contribution >= 4 is 17.1 Å². The van der Waals surface area contributed by atoms with Gasteiger partial charge in [0.1, 0.15) is 6.61 Å². The van der Waals surface area contributed by atoms with E-state index in [1.165, 1.54) is 4.88 Å². The molecule has 0 saturated carbocycles. The Morgan fingerprint density at radius 3 is 3.07 bits per heavy atom. The highest BCUT2D eigenvalue weighted by Crippen LogP contribution is 2.10. The number of Topliss-reactive ketones (excluding diaryl/α,β-unsaturated/α-hetero) is 1. The molecule has 0 radical (unpaired) electrons. The molecule has 14 heavy (non-hydrogen) atoms. The summed E-state index contributed by atoms with van der Waals surface area (Å²) < 4.78 is 5.17. The van der Waals surface area contributed by atoms with Crippen molar-refractivity contribution in [1.82, 2.24) is 0 Å². The second-order valence-electron chi connectivity index (χ2n) is 3.17. The summed E-state index contributed by atoms with van der Waals surface area (Å²) in [4.78, 5) is 12.6. The third-order valence-electron chi connectivity index (χ3n) is 1.84. The van der Waals surface area contributed by atoms with Gasteiger partial charge in [-0.15, -0.1) is 11.3 Å². The SMILES string of the molecule is CCCOCC(=O)CCc1cccs1. The summed E-state index contributed by atoms with van der Waals surface area (Å²) in [6.45, 7) is 3.00. The van der Waals surface area contributed by atoms with Crippen LogP contribution in [0.2, 0.25) is 0 Å². The zero-order chi connectivity index (χ0) is 10.2. The van der Waals surface area contributed by atoms with E-state index in [1.807, 2.05) is 18.4 Å². The van der Waals surface area contributed by atoms with Crippen LogP contribution in [0, 0.1) is 0 Å². The molecule has 0 aliphatic carbocycles. The van der Waals surface area contributed by atoms with Gasteiger partial charge in [0.2, 0.25) is 0 Å². The summed E-state index contributed by atoms with van der Waals surface area (Å²) in [6, 6.07) is 4.07. The van der Waals surface area contributed by atoms with Crippen LogP contribution in [0.4, 0.5) is 0 Å². The third kappa shape index (κ3) is 4.53.